The fourth-order valence-corrected chi connectivity index (χ4v) is 2.67. The topological polar surface area (TPSA) is 76.3 Å². The van der Waals surface area contributed by atoms with Crippen LogP contribution in [0.4, 0.5) is 11.6 Å². The summed E-state index contributed by atoms with van der Waals surface area (Å²) in [5.74, 6) is 4.00. The first-order valence-corrected chi connectivity index (χ1v) is 7.76. The number of fused-ring (bicyclic) bond motifs is 1. The van der Waals surface area contributed by atoms with Gasteiger partial charge in [-0.25, -0.2) is 9.97 Å². The summed E-state index contributed by atoms with van der Waals surface area (Å²) < 4.78 is 5.97. The molecular formula is C15H27N5O. The van der Waals surface area contributed by atoms with Gasteiger partial charge in [-0.2, -0.15) is 0 Å². The number of anilines is 2. The third-order valence-electron chi connectivity index (χ3n) is 3.90. The highest BCUT2D eigenvalue weighted by molar-refractivity contribution is 5.67. The van der Waals surface area contributed by atoms with Crippen molar-refractivity contribution < 1.29 is 4.74 Å². The number of nitrogens with one attached hydrogen (secondary N) is 1. The summed E-state index contributed by atoms with van der Waals surface area (Å²) in [6.07, 6.45) is 2.47. The number of rotatable bonds is 2. The summed E-state index contributed by atoms with van der Waals surface area (Å²) in [6, 6.07) is 0.327. The number of nitrogens with two attached hydrogens (primary N) is 1. The van der Waals surface area contributed by atoms with E-state index in [-0.39, 0.29) is 0 Å². The maximum Gasteiger partial charge on any atom is 0.204 e. The molecule has 2 aliphatic heterocycles. The van der Waals surface area contributed by atoms with Crippen molar-refractivity contribution in [1.82, 2.24) is 9.97 Å². The summed E-state index contributed by atoms with van der Waals surface area (Å²) >= 11 is 0. The van der Waals surface area contributed by atoms with Gasteiger partial charge in [0.15, 0.2) is 11.6 Å². The minimum Gasteiger partial charge on any atom is -0.484 e. The van der Waals surface area contributed by atoms with Crippen LogP contribution >= 0.6 is 0 Å². The Kier molecular flexibility index (Phi) is 5.22. The molecule has 21 heavy (non-hydrogen) atoms. The van der Waals surface area contributed by atoms with Crippen LogP contribution in [0.3, 0.4) is 0 Å². The summed E-state index contributed by atoms with van der Waals surface area (Å²) in [5.41, 5.74) is 4.50. The van der Waals surface area contributed by atoms with Crippen LogP contribution in [0.25, 0.3) is 0 Å². The van der Waals surface area contributed by atoms with Crippen molar-refractivity contribution in [3.05, 3.63) is 5.82 Å². The molecule has 0 saturated carbocycles. The van der Waals surface area contributed by atoms with Crippen LogP contribution in [0.2, 0.25) is 0 Å². The molecule has 6 heteroatoms. The summed E-state index contributed by atoms with van der Waals surface area (Å²) in [5, 5.41) is 3.50. The number of hydrogen-bond acceptors (Lipinski definition) is 6. The molecule has 1 unspecified atom stereocenters. The molecule has 1 aromatic heterocycles. The molecule has 0 radical (unpaired) electrons. The molecule has 3 N–H and O–H groups in total. The second kappa shape index (κ2) is 6.93. The fraction of sp³-hybridized carbons (Fsp3) is 0.733. The van der Waals surface area contributed by atoms with Gasteiger partial charge in [0.25, 0.3) is 0 Å². The van der Waals surface area contributed by atoms with Gasteiger partial charge in [-0.05, 0) is 32.7 Å². The largest absolute Gasteiger partial charge is 0.484 e. The Morgan fingerprint density at radius 1 is 1.24 bits per heavy atom. The SMILES string of the molecule is CN.Cc1nc2c(c(N3CCCC3)n1)OCC(C(C)C)N2. The van der Waals surface area contributed by atoms with E-state index in [2.05, 4.69) is 39.8 Å². The van der Waals surface area contributed by atoms with Crippen LogP contribution in [-0.2, 0) is 0 Å². The molecule has 1 fully saturated rings. The molecule has 0 amide bonds. The third kappa shape index (κ3) is 3.37. The lowest BCUT2D eigenvalue weighted by Gasteiger charge is -2.31. The highest BCUT2D eigenvalue weighted by Gasteiger charge is 2.28. The van der Waals surface area contributed by atoms with Crippen LogP contribution in [0.1, 0.15) is 32.5 Å². The molecule has 6 nitrogen and oxygen atoms in total. The van der Waals surface area contributed by atoms with E-state index in [0.717, 1.165) is 36.3 Å². The average molecular weight is 293 g/mol. The Morgan fingerprint density at radius 2 is 1.90 bits per heavy atom. The molecule has 0 aliphatic carbocycles. The Morgan fingerprint density at radius 3 is 2.52 bits per heavy atom. The number of nitrogens with zero attached hydrogens (tertiary/aromatic N) is 3. The predicted octanol–water partition coefficient (Wildman–Crippen LogP) is 1.79. The molecule has 3 heterocycles. The Labute approximate surface area is 127 Å². The van der Waals surface area contributed by atoms with Crippen molar-refractivity contribution in [3.8, 4) is 5.75 Å². The molecule has 3 rings (SSSR count). The van der Waals surface area contributed by atoms with E-state index in [1.54, 1.807) is 0 Å². The van der Waals surface area contributed by atoms with Crippen LogP contribution in [0.5, 0.6) is 5.75 Å². The van der Waals surface area contributed by atoms with Gasteiger partial charge in [0.1, 0.15) is 12.4 Å². The fourth-order valence-electron chi connectivity index (χ4n) is 2.67. The quantitative estimate of drug-likeness (QED) is 0.866. The molecule has 1 aromatic rings. The van der Waals surface area contributed by atoms with Gasteiger partial charge < -0.3 is 20.7 Å². The lowest BCUT2D eigenvalue weighted by molar-refractivity contribution is 0.255. The zero-order chi connectivity index (χ0) is 15.4. The van der Waals surface area contributed by atoms with Gasteiger partial charge >= 0.3 is 0 Å². The minimum absolute atomic E-state index is 0.327. The van der Waals surface area contributed by atoms with Crippen molar-refractivity contribution in [2.75, 3.05) is 37.0 Å². The van der Waals surface area contributed by atoms with Crippen LogP contribution in [0, 0.1) is 12.8 Å². The van der Waals surface area contributed by atoms with E-state index < -0.39 is 0 Å². The van der Waals surface area contributed by atoms with E-state index in [0.29, 0.717) is 18.6 Å². The monoisotopic (exact) mass is 293 g/mol. The normalized spacial score (nSPS) is 20.3. The lowest BCUT2D eigenvalue weighted by atomic mass is 10.0. The van der Waals surface area contributed by atoms with E-state index in [4.69, 9.17) is 4.74 Å². The first kappa shape index (κ1) is 15.8. The number of aromatic nitrogens is 2. The highest BCUT2D eigenvalue weighted by atomic mass is 16.5. The van der Waals surface area contributed by atoms with Gasteiger partial charge in [-0.3, -0.25) is 0 Å². The number of hydrogen-bond donors (Lipinski definition) is 2. The van der Waals surface area contributed by atoms with E-state index in [1.165, 1.54) is 19.9 Å². The number of ether oxygens (including phenoxy) is 1. The standard InChI is InChI=1S/C14H22N4O.CH5N/c1-9(2)11-8-19-12-13(17-11)15-10(3)16-14(12)18-6-4-5-7-18;1-2/h9,11H,4-8H2,1-3H3,(H,15,16,17);2H2,1H3. The van der Waals surface area contributed by atoms with E-state index in [9.17, 15) is 0 Å². The maximum absolute atomic E-state index is 5.97. The summed E-state index contributed by atoms with van der Waals surface area (Å²) in [6.45, 7) is 9.17. The molecule has 2 aliphatic rings. The predicted molar refractivity (Wildman–Crippen MR) is 86.1 cm³/mol. The smallest absolute Gasteiger partial charge is 0.204 e. The van der Waals surface area contributed by atoms with Crippen LogP contribution in [-0.4, -0.2) is 42.8 Å². The van der Waals surface area contributed by atoms with Gasteiger partial charge in [0.05, 0.1) is 6.04 Å². The van der Waals surface area contributed by atoms with Gasteiger partial charge in [-0.15, -0.1) is 0 Å². The molecule has 0 aromatic carbocycles. The van der Waals surface area contributed by atoms with Crippen molar-refractivity contribution in [3.63, 3.8) is 0 Å². The molecule has 0 spiro atoms. The Hall–Kier alpha value is -1.56. The summed E-state index contributed by atoms with van der Waals surface area (Å²) in [7, 11) is 1.50. The van der Waals surface area contributed by atoms with Crippen LogP contribution < -0.4 is 20.7 Å². The maximum atomic E-state index is 5.97. The van der Waals surface area contributed by atoms with Gasteiger partial charge in [-0.1, -0.05) is 13.8 Å². The Balaban J connectivity index is 0.000000774. The zero-order valence-electron chi connectivity index (χ0n) is 13.5. The second-order valence-corrected chi connectivity index (χ2v) is 5.77. The minimum atomic E-state index is 0.327. The summed E-state index contributed by atoms with van der Waals surface area (Å²) in [4.78, 5) is 11.4. The molecule has 118 valence electrons. The van der Waals surface area contributed by atoms with Crippen molar-refractivity contribution in [2.24, 2.45) is 11.7 Å². The first-order valence-electron chi connectivity index (χ1n) is 7.76. The van der Waals surface area contributed by atoms with E-state index >= 15 is 0 Å². The molecular weight excluding hydrogens is 266 g/mol. The van der Waals surface area contributed by atoms with Gasteiger partial charge in [0.2, 0.25) is 5.75 Å². The Bertz CT molecular complexity index is 471. The van der Waals surface area contributed by atoms with Crippen molar-refractivity contribution in [2.45, 2.75) is 39.7 Å². The van der Waals surface area contributed by atoms with Gasteiger partial charge in [0, 0.05) is 13.1 Å². The zero-order valence-corrected chi connectivity index (χ0v) is 13.5. The third-order valence-corrected chi connectivity index (χ3v) is 3.90. The first-order chi connectivity index (χ1) is 10.1. The molecule has 0 bridgehead atoms. The average Bonchev–Trinajstić information content (AvgIpc) is 3.01. The highest BCUT2D eigenvalue weighted by Crippen LogP contribution is 2.38. The van der Waals surface area contributed by atoms with E-state index in [1.807, 2.05) is 6.92 Å². The molecule has 1 saturated heterocycles. The second-order valence-electron chi connectivity index (χ2n) is 5.77. The molecule has 1 atom stereocenters. The number of aryl methyl sites for hydroxylation is 1. The van der Waals surface area contributed by atoms with Crippen molar-refractivity contribution >= 4 is 11.6 Å². The van der Waals surface area contributed by atoms with Crippen LogP contribution in [0.15, 0.2) is 0 Å². The lowest BCUT2D eigenvalue weighted by Crippen LogP contribution is -2.37. The van der Waals surface area contributed by atoms with Crippen molar-refractivity contribution in [1.29, 1.82) is 0 Å².